The van der Waals surface area contributed by atoms with Crippen molar-refractivity contribution >= 4 is 34.2 Å². The summed E-state index contributed by atoms with van der Waals surface area (Å²) in [7, 11) is 0. The van der Waals surface area contributed by atoms with Crippen LogP contribution < -0.4 is 11.1 Å². The lowest BCUT2D eigenvalue weighted by molar-refractivity contribution is 0.833. The summed E-state index contributed by atoms with van der Waals surface area (Å²) in [5, 5.41) is 3.06. The number of benzene rings is 1. The van der Waals surface area contributed by atoms with Gasteiger partial charge in [-0.3, -0.25) is 4.99 Å². The minimum Gasteiger partial charge on any atom is -0.370 e. The van der Waals surface area contributed by atoms with Crippen LogP contribution in [0.3, 0.4) is 0 Å². The molecule has 3 N–H and O–H groups in total. The summed E-state index contributed by atoms with van der Waals surface area (Å²) in [5.74, 6) is 0.462. The summed E-state index contributed by atoms with van der Waals surface area (Å²) >= 11 is 2.25. The van der Waals surface area contributed by atoms with Crippen molar-refractivity contribution in [1.82, 2.24) is 0 Å². The van der Waals surface area contributed by atoms with Gasteiger partial charge in [0.05, 0.1) is 5.69 Å². The predicted octanol–water partition coefficient (Wildman–Crippen LogP) is 2.43. The summed E-state index contributed by atoms with van der Waals surface area (Å²) in [5.41, 5.74) is 6.71. The molecule has 0 fully saturated rings. The third-order valence-electron chi connectivity index (χ3n) is 1.53. The van der Waals surface area contributed by atoms with E-state index in [2.05, 4.69) is 32.9 Å². The molecule has 0 aromatic heterocycles. The maximum absolute atomic E-state index is 5.71. The van der Waals surface area contributed by atoms with Crippen molar-refractivity contribution in [2.75, 3.05) is 5.32 Å². The lowest BCUT2D eigenvalue weighted by atomic mass is 10.3. The van der Waals surface area contributed by atoms with Crippen molar-refractivity contribution in [3.05, 3.63) is 27.8 Å². The fraction of sp³-hybridized carbons (Fsp3) is 0.300. The van der Waals surface area contributed by atoms with Gasteiger partial charge in [-0.1, -0.05) is 12.1 Å². The largest absolute Gasteiger partial charge is 0.370 e. The molecule has 0 saturated heterocycles. The van der Waals surface area contributed by atoms with Gasteiger partial charge in [-0.2, -0.15) is 0 Å². The lowest BCUT2D eigenvalue weighted by Crippen LogP contribution is -2.24. The van der Waals surface area contributed by atoms with Gasteiger partial charge in [-0.05, 0) is 48.6 Å². The van der Waals surface area contributed by atoms with E-state index in [1.165, 1.54) is 0 Å². The van der Waals surface area contributed by atoms with Gasteiger partial charge in [0.1, 0.15) is 0 Å². The van der Waals surface area contributed by atoms with Gasteiger partial charge in [-0.15, -0.1) is 0 Å². The second-order valence-electron chi connectivity index (χ2n) is 3.21. The van der Waals surface area contributed by atoms with Crippen LogP contribution in [0, 0.1) is 3.57 Å². The van der Waals surface area contributed by atoms with Gasteiger partial charge in [0.2, 0.25) is 0 Å². The highest BCUT2D eigenvalue weighted by atomic mass is 127. The Labute approximate surface area is 97.9 Å². The number of hydrogen-bond donors (Lipinski definition) is 2. The van der Waals surface area contributed by atoms with Gasteiger partial charge in [0.25, 0.3) is 0 Å². The number of aliphatic imine (C=N–C) groups is 1. The molecule has 3 nitrogen and oxygen atoms in total. The van der Waals surface area contributed by atoms with Crippen LogP contribution in [0.25, 0.3) is 0 Å². The third kappa shape index (κ3) is 3.53. The van der Waals surface area contributed by atoms with Gasteiger partial charge in [0.15, 0.2) is 5.96 Å². The van der Waals surface area contributed by atoms with Crippen LogP contribution in [-0.2, 0) is 0 Å². The number of halogens is 1. The second-order valence-corrected chi connectivity index (χ2v) is 4.38. The minimum atomic E-state index is 0.212. The molecule has 0 atom stereocenters. The van der Waals surface area contributed by atoms with Gasteiger partial charge in [-0.25, -0.2) is 0 Å². The van der Waals surface area contributed by atoms with Crippen molar-refractivity contribution in [2.24, 2.45) is 10.7 Å². The second kappa shape index (κ2) is 5.19. The summed E-state index contributed by atoms with van der Waals surface area (Å²) < 4.78 is 1.13. The maximum atomic E-state index is 5.71. The van der Waals surface area contributed by atoms with Crippen LogP contribution in [-0.4, -0.2) is 12.0 Å². The highest BCUT2D eigenvalue weighted by molar-refractivity contribution is 14.1. The smallest absolute Gasteiger partial charge is 0.193 e. The van der Waals surface area contributed by atoms with Crippen LogP contribution in [0.2, 0.25) is 0 Å². The van der Waals surface area contributed by atoms with Crippen LogP contribution in [0.1, 0.15) is 13.8 Å². The average Bonchev–Trinajstić information content (AvgIpc) is 2.07. The summed E-state index contributed by atoms with van der Waals surface area (Å²) in [4.78, 5) is 4.19. The monoisotopic (exact) mass is 303 g/mol. The minimum absolute atomic E-state index is 0.212. The van der Waals surface area contributed by atoms with Crippen LogP contribution in [0.4, 0.5) is 5.69 Å². The molecule has 1 rings (SSSR count). The van der Waals surface area contributed by atoms with E-state index in [9.17, 15) is 0 Å². The zero-order chi connectivity index (χ0) is 10.6. The number of rotatable bonds is 2. The van der Waals surface area contributed by atoms with E-state index in [0.29, 0.717) is 5.96 Å². The first kappa shape index (κ1) is 11.3. The van der Waals surface area contributed by atoms with Crippen LogP contribution in [0.5, 0.6) is 0 Å². The highest BCUT2D eigenvalue weighted by Gasteiger charge is 1.99. The van der Waals surface area contributed by atoms with E-state index in [1.54, 1.807) is 0 Å². The molecule has 4 heteroatoms. The summed E-state index contributed by atoms with van der Waals surface area (Å²) in [6.07, 6.45) is 0. The van der Waals surface area contributed by atoms with Gasteiger partial charge >= 0.3 is 0 Å². The molecular formula is C10H14IN3. The number of guanidine groups is 1. The van der Waals surface area contributed by atoms with Crippen LogP contribution in [0.15, 0.2) is 29.3 Å². The number of nitrogens with one attached hydrogen (secondary N) is 1. The Bertz CT molecular complexity index is 334. The Morgan fingerprint density at radius 1 is 1.43 bits per heavy atom. The first-order chi connectivity index (χ1) is 6.59. The van der Waals surface area contributed by atoms with E-state index in [1.807, 2.05) is 38.1 Å². The fourth-order valence-electron chi connectivity index (χ4n) is 1.01. The van der Waals surface area contributed by atoms with Crippen molar-refractivity contribution in [3.63, 3.8) is 0 Å². The molecule has 1 aromatic carbocycles. The molecule has 14 heavy (non-hydrogen) atoms. The molecule has 0 aliphatic heterocycles. The molecule has 1 aromatic rings. The van der Waals surface area contributed by atoms with E-state index in [-0.39, 0.29) is 6.04 Å². The number of nitrogens with two attached hydrogens (primary N) is 1. The topological polar surface area (TPSA) is 50.4 Å². The number of anilines is 1. The van der Waals surface area contributed by atoms with Crippen LogP contribution >= 0.6 is 22.6 Å². The Kier molecular flexibility index (Phi) is 4.19. The maximum Gasteiger partial charge on any atom is 0.193 e. The Hall–Kier alpha value is -0.780. The van der Waals surface area contributed by atoms with E-state index in [0.717, 1.165) is 9.26 Å². The van der Waals surface area contributed by atoms with E-state index in [4.69, 9.17) is 5.73 Å². The fourth-order valence-corrected chi connectivity index (χ4v) is 1.53. The Morgan fingerprint density at radius 2 is 2.07 bits per heavy atom. The van der Waals surface area contributed by atoms with E-state index >= 15 is 0 Å². The molecular weight excluding hydrogens is 289 g/mol. The zero-order valence-electron chi connectivity index (χ0n) is 8.29. The quantitative estimate of drug-likeness (QED) is 0.501. The number of para-hydroxylation sites is 1. The normalized spacial score (nSPS) is 11.9. The van der Waals surface area contributed by atoms with Gasteiger partial charge < -0.3 is 11.1 Å². The van der Waals surface area contributed by atoms with Crippen molar-refractivity contribution in [1.29, 1.82) is 0 Å². The molecule has 0 bridgehead atoms. The molecule has 76 valence electrons. The molecule has 0 amide bonds. The number of nitrogens with zero attached hydrogens (tertiary/aromatic N) is 1. The first-order valence-corrected chi connectivity index (χ1v) is 5.52. The summed E-state index contributed by atoms with van der Waals surface area (Å²) in [6.45, 7) is 3.98. The highest BCUT2D eigenvalue weighted by Crippen LogP contribution is 2.16. The lowest BCUT2D eigenvalue weighted by Gasteiger charge is -2.08. The van der Waals surface area contributed by atoms with Gasteiger partial charge in [0, 0.05) is 9.61 Å². The third-order valence-corrected chi connectivity index (χ3v) is 2.47. The molecule has 0 aliphatic carbocycles. The average molecular weight is 303 g/mol. The Morgan fingerprint density at radius 3 is 2.64 bits per heavy atom. The molecule has 0 saturated carbocycles. The zero-order valence-corrected chi connectivity index (χ0v) is 10.4. The molecule has 0 aliphatic rings. The SMILES string of the molecule is CC(C)N=C(N)Nc1ccccc1I. The Balaban J connectivity index is 2.74. The molecule has 0 unspecified atom stereocenters. The summed E-state index contributed by atoms with van der Waals surface area (Å²) in [6, 6.07) is 8.16. The van der Waals surface area contributed by atoms with E-state index < -0.39 is 0 Å². The standard InChI is InChI=1S/C10H14IN3/c1-7(2)13-10(12)14-9-6-4-3-5-8(9)11/h3-7H,1-2H3,(H3,12,13,14). The molecule has 0 spiro atoms. The van der Waals surface area contributed by atoms with Crippen molar-refractivity contribution < 1.29 is 0 Å². The predicted molar refractivity (Wildman–Crippen MR) is 69.5 cm³/mol. The van der Waals surface area contributed by atoms with Crippen molar-refractivity contribution in [2.45, 2.75) is 19.9 Å². The first-order valence-electron chi connectivity index (χ1n) is 4.44. The number of hydrogen-bond acceptors (Lipinski definition) is 1. The molecule has 0 radical (unpaired) electrons. The van der Waals surface area contributed by atoms with Crippen molar-refractivity contribution in [3.8, 4) is 0 Å². The molecule has 0 heterocycles.